The van der Waals surface area contributed by atoms with Gasteiger partial charge < -0.3 is 0 Å². The molecule has 1 aromatic carbocycles. The summed E-state index contributed by atoms with van der Waals surface area (Å²) in [4.78, 5) is 52.2. The molecule has 1 aromatic rings. The van der Waals surface area contributed by atoms with Crippen LogP contribution in [0.1, 0.15) is 73.1 Å². The van der Waals surface area contributed by atoms with Gasteiger partial charge in [-0.05, 0) is 38.7 Å². The molecule has 0 aromatic heterocycles. The monoisotopic (exact) mass is 379 g/mol. The Morgan fingerprint density at radius 2 is 1.75 bits per heavy atom. The molecule has 28 heavy (non-hydrogen) atoms. The van der Waals surface area contributed by atoms with Gasteiger partial charge in [-0.1, -0.05) is 37.6 Å². The molecule has 1 aliphatic carbocycles. The first kappa shape index (κ1) is 19.9. The van der Waals surface area contributed by atoms with Crippen LogP contribution in [0.25, 0.3) is 0 Å². The van der Waals surface area contributed by atoms with Crippen molar-refractivity contribution in [2.45, 2.75) is 52.4 Å². The van der Waals surface area contributed by atoms with E-state index in [0.717, 1.165) is 25.7 Å². The molecule has 0 spiro atoms. The molecule has 1 heterocycles. The number of allylic oxidation sites excluding steroid dienone is 3. The minimum Gasteiger partial charge on any atom is -0.289 e. The van der Waals surface area contributed by atoms with Crippen molar-refractivity contribution in [3.05, 3.63) is 58.2 Å². The van der Waals surface area contributed by atoms with Crippen LogP contribution in [-0.2, 0) is 9.59 Å². The molecule has 0 atom stereocenters. The maximum absolute atomic E-state index is 13.0. The number of imide groups is 1. The highest BCUT2D eigenvalue weighted by Crippen LogP contribution is 2.29. The van der Waals surface area contributed by atoms with Gasteiger partial charge in [0.25, 0.3) is 5.91 Å². The average Bonchev–Trinajstić information content (AvgIpc) is 2.71. The molecular formula is C23H25NO4. The van der Waals surface area contributed by atoms with Gasteiger partial charge in [0.15, 0.2) is 11.6 Å². The van der Waals surface area contributed by atoms with Crippen molar-refractivity contribution in [1.29, 1.82) is 0 Å². The fourth-order valence-corrected chi connectivity index (χ4v) is 3.67. The number of Topliss-reactive ketones (excluding diaryl/α,β-unsaturated/α-hetero) is 2. The Labute approximate surface area is 165 Å². The lowest BCUT2D eigenvalue weighted by molar-refractivity contribution is -0.144. The van der Waals surface area contributed by atoms with Crippen LogP contribution in [0.15, 0.2) is 47.1 Å². The highest BCUT2D eigenvalue weighted by molar-refractivity contribution is 6.28. The Kier molecular flexibility index (Phi) is 6.02. The SMILES string of the molecule is CCCCC(=CC1=C(C)C(=O)c2ccccc2C1=O)C(=O)N1CCCCC1=O. The Morgan fingerprint density at radius 3 is 2.39 bits per heavy atom. The highest BCUT2D eigenvalue weighted by Gasteiger charge is 2.31. The van der Waals surface area contributed by atoms with Crippen LogP contribution in [0.3, 0.4) is 0 Å². The minimum absolute atomic E-state index is 0.166. The predicted molar refractivity (Wildman–Crippen MR) is 106 cm³/mol. The van der Waals surface area contributed by atoms with E-state index in [9.17, 15) is 19.2 Å². The van der Waals surface area contributed by atoms with Gasteiger partial charge in [0.05, 0.1) is 0 Å². The van der Waals surface area contributed by atoms with Gasteiger partial charge >= 0.3 is 0 Å². The van der Waals surface area contributed by atoms with Gasteiger partial charge in [0.1, 0.15) is 0 Å². The molecule has 5 heteroatoms. The molecule has 2 aliphatic rings. The molecule has 1 fully saturated rings. The summed E-state index contributed by atoms with van der Waals surface area (Å²) in [7, 11) is 0. The van der Waals surface area contributed by atoms with Gasteiger partial charge in [-0.2, -0.15) is 0 Å². The number of unbranched alkanes of at least 4 members (excludes halogenated alkanes) is 1. The molecule has 1 saturated heterocycles. The fraction of sp³-hybridized carbons (Fsp3) is 0.391. The summed E-state index contributed by atoms with van der Waals surface area (Å²) in [6, 6.07) is 6.74. The highest BCUT2D eigenvalue weighted by atomic mass is 16.2. The van der Waals surface area contributed by atoms with E-state index in [1.165, 1.54) is 4.90 Å². The molecule has 146 valence electrons. The normalized spacial score (nSPS) is 17.9. The van der Waals surface area contributed by atoms with Crippen LogP contribution >= 0.6 is 0 Å². The maximum atomic E-state index is 13.0. The van der Waals surface area contributed by atoms with Crippen LogP contribution in [0.5, 0.6) is 0 Å². The molecule has 2 amide bonds. The van der Waals surface area contributed by atoms with Crippen molar-refractivity contribution in [3.8, 4) is 0 Å². The molecular weight excluding hydrogens is 354 g/mol. The molecule has 0 bridgehead atoms. The minimum atomic E-state index is -0.336. The first-order valence-corrected chi connectivity index (χ1v) is 9.90. The second-order valence-electron chi connectivity index (χ2n) is 7.32. The number of likely N-dealkylation sites (tertiary alicyclic amines) is 1. The smallest absolute Gasteiger partial charge is 0.256 e. The standard InChI is InChI=1S/C23H25NO4/c1-3-4-9-16(23(28)24-13-8-7-12-20(24)25)14-19-15(2)21(26)17-10-5-6-11-18(17)22(19)27/h5-6,10-11,14H,3-4,7-9,12-13H2,1-2H3. The first-order valence-electron chi connectivity index (χ1n) is 9.90. The van der Waals surface area contributed by atoms with Gasteiger partial charge in [0, 0.05) is 40.8 Å². The summed E-state index contributed by atoms with van der Waals surface area (Å²) < 4.78 is 0. The van der Waals surface area contributed by atoms with Gasteiger partial charge in [0.2, 0.25) is 5.91 Å². The van der Waals surface area contributed by atoms with Gasteiger partial charge in [-0.3, -0.25) is 24.1 Å². The Hall–Kier alpha value is -2.82. The van der Waals surface area contributed by atoms with Crippen LogP contribution < -0.4 is 0 Å². The van der Waals surface area contributed by atoms with Crippen molar-refractivity contribution in [2.24, 2.45) is 0 Å². The van der Waals surface area contributed by atoms with Crippen LogP contribution in [0, 0.1) is 0 Å². The third-order valence-electron chi connectivity index (χ3n) is 5.37. The van der Waals surface area contributed by atoms with Crippen molar-refractivity contribution in [3.63, 3.8) is 0 Å². The summed E-state index contributed by atoms with van der Waals surface area (Å²) in [6.45, 7) is 4.05. The second-order valence-corrected chi connectivity index (χ2v) is 7.32. The number of carbonyl (C=O) groups excluding carboxylic acids is 4. The van der Waals surface area contributed by atoms with E-state index in [1.54, 1.807) is 37.3 Å². The molecule has 3 rings (SSSR count). The fourth-order valence-electron chi connectivity index (χ4n) is 3.67. The zero-order valence-corrected chi connectivity index (χ0v) is 16.4. The molecule has 5 nitrogen and oxygen atoms in total. The summed E-state index contributed by atoms with van der Waals surface area (Å²) in [6.07, 6.45) is 5.64. The summed E-state index contributed by atoms with van der Waals surface area (Å²) in [5, 5.41) is 0. The van der Waals surface area contributed by atoms with E-state index in [4.69, 9.17) is 0 Å². The zero-order chi connectivity index (χ0) is 20.3. The Morgan fingerprint density at radius 1 is 1.07 bits per heavy atom. The molecule has 0 N–H and O–H groups in total. The van der Waals surface area contributed by atoms with Crippen molar-refractivity contribution >= 4 is 23.4 Å². The van der Waals surface area contributed by atoms with Gasteiger partial charge in [-0.25, -0.2) is 0 Å². The predicted octanol–water partition coefficient (Wildman–Crippen LogP) is 4.04. The van der Waals surface area contributed by atoms with Crippen LogP contribution in [0.4, 0.5) is 0 Å². The summed E-state index contributed by atoms with van der Waals surface area (Å²) in [5.41, 5.74) is 1.78. The van der Waals surface area contributed by atoms with E-state index in [0.29, 0.717) is 41.7 Å². The van der Waals surface area contributed by atoms with Gasteiger partial charge in [-0.15, -0.1) is 0 Å². The number of ketones is 2. The van der Waals surface area contributed by atoms with E-state index < -0.39 is 0 Å². The number of piperidine rings is 1. The topological polar surface area (TPSA) is 71.5 Å². The maximum Gasteiger partial charge on any atom is 0.256 e. The molecule has 0 unspecified atom stereocenters. The number of rotatable bonds is 5. The quantitative estimate of drug-likeness (QED) is 0.724. The largest absolute Gasteiger partial charge is 0.289 e. The lowest BCUT2D eigenvalue weighted by atomic mass is 9.83. The molecule has 1 aliphatic heterocycles. The summed E-state index contributed by atoms with van der Waals surface area (Å²) in [5.74, 6) is -0.949. The lowest BCUT2D eigenvalue weighted by Crippen LogP contribution is -2.41. The molecule has 0 radical (unpaired) electrons. The Bertz CT molecular complexity index is 907. The Balaban J connectivity index is 2.01. The first-order chi connectivity index (χ1) is 13.5. The third-order valence-corrected chi connectivity index (χ3v) is 5.37. The number of benzene rings is 1. The average molecular weight is 379 g/mol. The number of fused-ring (bicyclic) bond motifs is 1. The lowest BCUT2D eigenvalue weighted by Gasteiger charge is -2.26. The van der Waals surface area contributed by atoms with Crippen molar-refractivity contribution in [2.75, 3.05) is 6.54 Å². The second kappa shape index (κ2) is 8.46. The van der Waals surface area contributed by atoms with E-state index in [-0.39, 0.29) is 29.0 Å². The van der Waals surface area contributed by atoms with E-state index in [1.807, 2.05) is 6.92 Å². The summed E-state index contributed by atoms with van der Waals surface area (Å²) >= 11 is 0. The van der Waals surface area contributed by atoms with E-state index in [2.05, 4.69) is 0 Å². The van der Waals surface area contributed by atoms with Crippen molar-refractivity contribution in [1.82, 2.24) is 4.90 Å². The number of hydrogen-bond acceptors (Lipinski definition) is 4. The zero-order valence-electron chi connectivity index (χ0n) is 16.4. The van der Waals surface area contributed by atoms with Crippen molar-refractivity contribution < 1.29 is 19.2 Å². The number of hydrogen-bond donors (Lipinski definition) is 0. The molecule has 0 saturated carbocycles. The third kappa shape index (κ3) is 3.75. The number of amides is 2. The number of nitrogens with zero attached hydrogens (tertiary/aromatic N) is 1. The van der Waals surface area contributed by atoms with Crippen LogP contribution in [-0.4, -0.2) is 34.8 Å². The van der Waals surface area contributed by atoms with Crippen LogP contribution in [0.2, 0.25) is 0 Å². The number of carbonyl (C=O) groups is 4. The van der Waals surface area contributed by atoms with E-state index >= 15 is 0 Å².